The Labute approximate surface area is 164 Å². The Balaban J connectivity index is 1.55. The number of amides is 1. The maximum atomic E-state index is 12.8. The van der Waals surface area contributed by atoms with Crippen LogP contribution in [0.25, 0.3) is 10.9 Å². The number of hydrogen-bond acceptors (Lipinski definition) is 4. The Bertz CT molecular complexity index is 893. The van der Waals surface area contributed by atoms with Crippen LogP contribution in [0, 0.1) is 17.2 Å². The van der Waals surface area contributed by atoms with Crippen LogP contribution in [0.3, 0.4) is 0 Å². The van der Waals surface area contributed by atoms with Gasteiger partial charge in [0.25, 0.3) is 0 Å². The molecule has 2 aromatic rings. The average molecular weight is 383 g/mol. The van der Waals surface area contributed by atoms with Crippen molar-refractivity contribution in [3.8, 4) is 6.07 Å². The molecule has 0 bridgehead atoms. The minimum atomic E-state index is 0.0987. The molecule has 4 rings (SSSR count). The van der Waals surface area contributed by atoms with Gasteiger partial charge in [0, 0.05) is 48.7 Å². The van der Waals surface area contributed by atoms with Crippen LogP contribution >= 0.6 is 11.6 Å². The molecule has 1 aromatic carbocycles. The van der Waals surface area contributed by atoms with E-state index in [4.69, 9.17) is 11.6 Å². The normalized spacial score (nSPS) is 18.5. The molecule has 2 aliphatic rings. The largest absolute Gasteiger partial charge is 0.370 e. The number of carbonyl (C=O) groups excluding carboxylic acids is 1. The van der Waals surface area contributed by atoms with Crippen molar-refractivity contribution in [3.05, 3.63) is 35.0 Å². The summed E-state index contributed by atoms with van der Waals surface area (Å²) in [5, 5.41) is 11.1. The summed E-state index contributed by atoms with van der Waals surface area (Å²) in [6, 6.07) is 7.85. The Morgan fingerprint density at radius 2 is 1.89 bits per heavy atom. The highest BCUT2D eigenvalue weighted by atomic mass is 35.5. The first kappa shape index (κ1) is 18.1. The molecule has 0 radical (unpaired) electrons. The van der Waals surface area contributed by atoms with Crippen LogP contribution in [-0.4, -0.2) is 42.0 Å². The second-order valence-corrected chi connectivity index (χ2v) is 7.88. The summed E-state index contributed by atoms with van der Waals surface area (Å²) < 4.78 is 0. The quantitative estimate of drug-likeness (QED) is 0.787. The number of nitrogens with zero attached hydrogens (tertiary/aromatic N) is 4. The summed E-state index contributed by atoms with van der Waals surface area (Å²) in [5.41, 5.74) is 2.29. The Kier molecular flexibility index (Phi) is 5.18. The van der Waals surface area contributed by atoms with Gasteiger partial charge in [-0.15, -0.1) is 0 Å². The topological polar surface area (TPSA) is 60.2 Å². The fraction of sp³-hybridized carbons (Fsp3) is 0.476. The summed E-state index contributed by atoms with van der Waals surface area (Å²) in [6.07, 6.45) is 6.77. The Morgan fingerprint density at radius 3 is 2.59 bits per heavy atom. The Morgan fingerprint density at radius 1 is 1.15 bits per heavy atom. The molecular formula is C21H23ClN4O. The summed E-state index contributed by atoms with van der Waals surface area (Å²) >= 11 is 6.20. The third-order valence-electron chi connectivity index (χ3n) is 5.75. The minimum absolute atomic E-state index is 0.0987. The van der Waals surface area contributed by atoms with Gasteiger partial charge in [0.2, 0.25) is 5.91 Å². The van der Waals surface area contributed by atoms with Gasteiger partial charge in [0.1, 0.15) is 6.07 Å². The van der Waals surface area contributed by atoms with Crippen LogP contribution in [0.15, 0.2) is 24.4 Å². The number of rotatable bonds is 2. The number of pyridine rings is 1. The van der Waals surface area contributed by atoms with Crippen LogP contribution < -0.4 is 4.90 Å². The zero-order chi connectivity index (χ0) is 18.8. The van der Waals surface area contributed by atoms with Gasteiger partial charge in [-0.1, -0.05) is 11.6 Å². The number of hydrogen-bond donors (Lipinski definition) is 0. The van der Waals surface area contributed by atoms with Crippen LogP contribution in [0.2, 0.25) is 5.02 Å². The lowest BCUT2D eigenvalue weighted by atomic mass is 9.93. The van der Waals surface area contributed by atoms with Crippen molar-refractivity contribution in [2.75, 3.05) is 31.1 Å². The minimum Gasteiger partial charge on any atom is -0.370 e. The fourth-order valence-electron chi connectivity index (χ4n) is 4.30. The summed E-state index contributed by atoms with van der Waals surface area (Å²) in [4.78, 5) is 21.5. The fourth-order valence-corrected chi connectivity index (χ4v) is 4.47. The van der Waals surface area contributed by atoms with Crippen molar-refractivity contribution >= 4 is 34.1 Å². The van der Waals surface area contributed by atoms with Crippen LogP contribution in [0.1, 0.15) is 37.7 Å². The lowest BCUT2D eigenvalue weighted by Crippen LogP contribution is -2.44. The highest BCUT2D eigenvalue weighted by Gasteiger charge is 2.30. The van der Waals surface area contributed by atoms with E-state index < -0.39 is 0 Å². The molecule has 2 aliphatic heterocycles. The summed E-state index contributed by atoms with van der Waals surface area (Å²) in [7, 11) is 0. The van der Waals surface area contributed by atoms with Gasteiger partial charge < -0.3 is 9.80 Å². The number of halogens is 1. The van der Waals surface area contributed by atoms with Gasteiger partial charge in [0.05, 0.1) is 16.8 Å². The van der Waals surface area contributed by atoms with Gasteiger partial charge in [-0.3, -0.25) is 9.78 Å². The van der Waals surface area contributed by atoms with Crippen molar-refractivity contribution < 1.29 is 4.79 Å². The number of carbonyl (C=O) groups is 1. The molecule has 3 heterocycles. The number of fused-ring (bicyclic) bond motifs is 1. The summed E-state index contributed by atoms with van der Waals surface area (Å²) in [6.45, 7) is 3.35. The molecule has 140 valence electrons. The molecule has 1 amide bonds. The van der Waals surface area contributed by atoms with Crippen LogP contribution in [-0.2, 0) is 4.79 Å². The third-order valence-corrected chi connectivity index (χ3v) is 5.99. The van der Waals surface area contributed by atoms with Gasteiger partial charge in [0.15, 0.2) is 0 Å². The zero-order valence-corrected chi connectivity index (χ0v) is 16.1. The molecule has 2 fully saturated rings. The maximum Gasteiger partial charge on any atom is 0.225 e. The molecule has 0 aliphatic carbocycles. The van der Waals surface area contributed by atoms with Crippen molar-refractivity contribution in [3.63, 3.8) is 0 Å². The monoisotopic (exact) mass is 382 g/mol. The molecule has 0 unspecified atom stereocenters. The predicted molar refractivity (Wildman–Crippen MR) is 107 cm³/mol. The van der Waals surface area contributed by atoms with E-state index in [1.807, 2.05) is 23.1 Å². The molecule has 0 spiro atoms. The van der Waals surface area contributed by atoms with Crippen molar-refractivity contribution in [2.24, 2.45) is 5.92 Å². The SMILES string of the molecule is N#Cc1cnc2ccc(Cl)cc2c1N1CCC(C(=O)N2CCCCC2)CC1. The van der Waals surface area contributed by atoms with Crippen molar-refractivity contribution in [2.45, 2.75) is 32.1 Å². The highest BCUT2D eigenvalue weighted by molar-refractivity contribution is 6.31. The molecule has 0 atom stereocenters. The second-order valence-electron chi connectivity index (χ2n) is 7.44. The van der Waals surface area contributed by atoms with E-state index in [0.717, 1.165) is 68.5 Å². The molecule has 2 saturated heterocycles. The summed E-state index contributed by atoms with van der Waals surface area (Å²) in [5.74, 6) is 0.416. The molecule has 0 saturated carbocycles. The van der Waals surface area contributed by atoms with Crippen LogP contribution in [0.5, 0.6) is 0 Å². The van der Waals surface area contributed by atoms with E-state index in [0.29, 0.717) is 16.5 Å². The van der Waals surface area contributed by atoms with Crippen molar-refractivity contribution in [1.29, 1.82) is 5.26 Å². The predicted octanol–water partition coefficient (Wildman–Crippen LogP) is 3.99. The van der Waals surface area contributed by atoms with E-state index in [1.54, 1.807) is 6.20 Å². The lowest BCUT2D eigenvalue weighted by Gasteiger charge is -2.37. The highest BCUT2D eigenvalue weighted by Crippen LogP contribution is 2.34. The first-order valence-corrected chi connectivity index (χ1v) is 10.1. The standard InChI is InChI=1S/C21H23ClN4O/c22-17-4-5-19-18(12-17)20(16(13-23)14-24-19)25-10-6-15(7-11-25)21(27)26-8-2-1-3-9-26/h4-5,12,14-15H,1-3,6-11H2. The second kappa shape index (κ2) is 7.74. The molecule has 5 nitrogen and oxygen atoms in total. The number of nitriles is 1. The van der Waals surface area contributed by atoms with E-state index in [-0.39, 0.29) is 5.92 Å². The van der Waals surface area contributed by atoms with Gasteiger partial charge in [-0.25, -0.2) is 0 Å². The maximum absolute atomic E-state index is 12.8. The van der Waals surface area contributed by atoms with Gasteiger partial charge in [-0.2, -0.15) is 5.26 Å². The zero-order valence-electron chi connectivity index (χ0n) is 15.3. The molecule has 27 heavy (non-hydrogen) atoms. The van der Waals surface area contributed by atoms with Gasteiger partial charge >= 0.3 is 0 Å². The number of piperidine rings is 2. The molecule has 6 heteroatoms. The first-order chi connectivity index (χ1) is 13.2. The van der Waals surface area contributed by atoms with Gasteiger partial charge in [-0.05, 0) is 50.3 Å². The smallest absolute Gasteiger partial charge is 0.225 e. The number of likely N-dealkylation sites (tertiary alicyclic amines) is 1. The van der Waals surface area contributed by atoms with E-state index in [1.165, 1.54) is 6.42 Å². The van der Waals surface area contributed by atoms with Crippen LogP contribution in [0.4, 0.5) is 5.69 Å². The number of benzene rings is 1. The van der Waals surface area contributed by atoms with E-state index >= 15 is 0 Å². The number of aromatic nitrogens is 1. The number of anilines is 1. The third kappa shape index (κ3) is 3.59. The Hall–Kier alpha value is -2.32. The lowest BCUT2D eigenvalue weighted by molar-refractivity contribution is -0.137. The average Bonchev–Trinajstić information content (AvgIpc) is 2.73. The molecule has 1 aromatic heterocycles. The van der Waals surface area contributed by atoms with Crippen molar-refractivity contribution in [1.82, 2.24) is 9.88 Å². The first-order valence-electron chi connectivity index (χ1n) is 9.69. The van der Waals surface area contributed by atoms with E-state index in [9.17, 15) is 10.1 Å². The molecular weight excluding hydrogens is 360 g/mol. The molecule has 0 N–H and O–H groups in total. The van der Waals surface area contributed by atoms with E-state index in [2.05, 4.69) is 16.0 Å².